The normalized spacial score (nSPS) is 10.8. The van der Waals surface area contributed by atoms with E-state index in [1.807, 2.05) is 114 Å². The number of furan rings is 1. The van der Waals surface area contributed by atoms with Crippen LogP contribution in [0.1, 0.15) is 22.3 Å². The molecule has 8 heterocycles. The molecule has 464 valence electrons. The highest BCUT2D eigenvalue weighted by molar-refractivity contribution is 9.10. The summed E-state index contributed by atoms with van der Waals surface area (Å²) >= 11 is 3.33. The zero-order chi connectivity index (χ0) is 64.3. The van der Waals surface area contributed by atoms with Gasteiger partial charge in [0.2, 0.25) is 20.8 Å². The lowest BCUT2D eigenvalue weighted by Gasteiger charge is -2.06. The molecule has 0 atom stereocenters. The van der Waals surface area contributed by atoms with Gasteiger partial charge in [0.15, 0.2) is 17.1 Å². The SMILES string of the molecule is CS(=O)(=O)Cl.CS(=O)(=O)OCCc1ccc(-c2cccnc2)cc1.Nc1nc2c(cnn2CCc2ccc(-c3cccnc3)cc2)c2nc(-c3ccco3)nn12.OB(O)c1cccnc1.OCCc1ccc(-c2cccnc2)cc1.OCCc1ccc(Br)cc1. The number of aryl methyl sites for hydroxylation is 2. The van der Waals surface area contributed by atoms with E-state index >= 15 is 0 Å². The van der Waals surface area contributed by atoms with Gasteiger partial charge >= 0.3 is 7.12 Å². The minimum absolute atomic E-state index is 0.172. The lowest BCUT2D eigenvalue weighted by atomic mass is 9.82. The molecule has 0 aliphatic heterocycles. The molecule has 0 aliphatic carbocycles. The predicted octanol–water partition coefficient (Wildman–Crippen LogP) is 9.10. The van der Waals surface area contributed by atoms with Crippen LogP contribution in [0.2, 0.25) is 0 Å². The second-order valence-corrected chi connectivity index (χ2v) is 25.1. The molecule has 0 radical (unpaired) electrons. The number of nitrogens with two attached hydrogens (primary N) is 1. The van der Waals surface area contributed by atoms with Crippen molar-refractivity contribution in [1.29, 1.82) is 0 Å². The number of rotatable bonds is 16. The maximum atomic E-state index is 10.8. The van der Waals surface area contributed by atoms with Gasteiger partial charge in [0.25, 0.3) is 10.1 Å². The fourth-order valence-electron chi connectivity index (χ4n) is 8.31. The minimum atomic E-state index is -3.35. The first-order valence-corrected chi connectivity index (χ1v) is 33.0. The Kier molecular flexibility index (Phi) is 26.5. The van der Waals surface area contributed by atoms with Gasteiger partial charge in [0.1, 0.15) is 0 Å². The number of nitrogen functional groups attached to an aromatic ring is 1. The predicted molar refractivity (Wildman–Crippen MR) is 354 cm³/mol. The first-order valence-electron chi connectivity index (χ1n) is 27.7. The maximum Gasteiger partial charge on any atom is 0.490 e. The van der Waals surface area contributed by atoms with Gasteiger partial charge in [-0.2, -0.15) is 23.0 Å². The molecule has 0 fully saturated rings. The number of pyridine rings is 4. The van der Waals surface area contributed by atoms with E-state index in [4.69, 9.17) is 34.6 Å². The molecule has 0 aliphatic rings. The fourth-order valence-corrected chi connectivity index (χ4v) is 8.96. The summed E-state index contributed by atoms with van der Waals surface area (Å²) in [5, 5.41) is 44.2. The first kappa shape index (κ1) is 68.6. The number of fused-ring (bicyclic) bond motifs is 3. The van der Waals surface area contributed by atoms with E-state index < -0.39 is 26.3 Å². The summed E-state index contributed by atoms with van der Waals surface area (Å²) in [7, 11) is -3.45. The second-order valence-electron chi connectivity index (χ2n) is 19.5. The Hall–Kier alpha value is -8.89. The number of aromatic nitrogens is 10. The summed E-state index contributed by atoms with van der Waals surface area (Å²) in [6, 6.07) is 51.2. The number of aliphatic hydroxyl groups excluding tert-OH is 2. The zero-order valence-electron chi connectivity index (χ0n) is 48.9. The van der Waals surface area contributed by atoms with Crippen LogP contribution in [-0.2, 0) is 55.6 Å². The Morgan fingerprint density at radius 2 is 1.02 bits per heavy atom. The van der Waals surface area contributed by atoms with E-state index in [2.05, 4.69) is 109 Å². The van der Waals surface area contributed by atoms with E-state index in [9.17, 15) is 16.8 Å². The number of aliphatic hydroxyl groups is 2. The number of hydrogen-bond donors (Lipinski definition) is 5. The number of benzene rings is 4. The van der Waals surface area contributed by atoms with Gasteiger partial charge in [0, 0.05) is 90.0 Å². The summed E-state index contributed by atoms with van der Waals surface area (Å²) < 4.78 is 55.0. The molecule has 0 saturated carbocycles. The fraction of sp³-hybridized carbons (Fsp3) is 0.156. The Morgan fingerprint density at radius 1 is 0.567 bits per heavy atom. The first-order chi connectivity index (χ1) is 43.3. The lowest BCUT2D eigenvalue weighted by molar-refractivity contribution is 0.299. The molecule has 0 bridgehead atoms. The van der Waals surface area contributed by atoms with Gasteiger partial charge < -0.3 is 30.4 Å². The van der Waals surface area contributed by atoms with Crippen molar-refractivity contribution in [2.24, 2.45) is 0 Å². The molecule has 12 rings (SSSR count). The standard InChI is InChI=1S/C23H18N8O.C14H15NO3S.C13H13NO.C8H9BrO.C5H6BNO2.CH3ClO2S/c24-23-28-21-18(22-27-20(29-31(22)23)19-4-2-12-32-19)14-26-30(21)11-9-15-5-7-16(8-6-15)17-3-1-10-25-13-17;1-19(16,17)18-10-8-12-4-6-13(7-5-12)14-3-2-9-15-11-14;15-9-7-11-3-5-12(6-4-11)13-2-1-8-14-10-13;9-8-3-1-7(2-4-8)5-6-10;8-6(9)5-2-1-3-7-4-5;1-5(2,3)4/h1-8,10,12-14H,9,11H2,(H2,24,28);2-7,9,11H,8,10H2,1H3;1-6,8,10,15H,7,9H2;1-4,10H,5-6H2;1-4,8-9H;1H3. The maximum absolute atomic E-state index is 10.8. The number of nitrogens with zero attached hydrogens (tertiary/aromatic N) is 10. The Morgan fingerprint density at radius 3 is 1.42 bits per heavy atom. The van der Waals surface area contributed by atoms with Crippen LogP contribution in [0.15, 0.2) is 229 Å². The molecule has 26 heteroatoms. The van der Waals surface area contributed by atoms with Crippen molar-refractivity contribution in [3.8, 4) is 45.0 Å². The Labute approximate surface area is 534 Å². The highest BCUT2D eigenvalue weighted by Crippen LogP contribution is 2.25. The summed E-state index contributed by atoms with van der Waals surface area (Å²) in [6.07, 6.45) is 21.9. The van der Waals surface area contributed by atoms with Crippen LogP contribution < -0.4 is 11.2 Å². The van der Waals surface area contributed by atoms with E-state index in [-0.39, 0.29) is 25.8 Å². The zero-order valence-corrected chi connectivity index (χ0v) is 52.9. The van der Waals surface area contributed by atoms with E-state index in [1.54, 1.807) is 61.5 Å². The van der Waals surface area contributed by atoms with Crippen molar-refractivity contribution >= 4 is 81.0 Å². The molecule has 0 unspecified atom stereocenters. The van der Waals surface area contributed by atoms with Gasteiger partial charge in [-0.05, 0) is 130 Å². The van der Waals surface area contributed by atoms with Gasteiger partial charge in [-0.1, -0.05) is 125 Å². The molecule has 21 nitrogen and oxygen atoms in total. The highest BCUT2D eigenvalue weighted by Gasteiger charge is 2.18. The van der Waals surface area contributed by atoms with Crippen LogP contribution in [0, 0.1) is 0 Å². The number of halogens is 2. The number of anilines is 1. The lowest BCUT2D eigenvalue weighted by Crippen LogP contribution is -2.29. The third kappa shape index (κ3) is 22.9. The average molecular weight is 1340 g/mol. The highest BCUT2D eigenvalue weighted by atomic mass is 79.9. The molecular formula is C64H64BBrClN11O10S2. The van der Waals surface area contributed by atoms with Crippen LogP contribution >= 0.6 is 26.6 Å². The molecule has 12 aromatic rings. The molecular weight excluding hydrogens is 1270 g/mol. The Balaban J connectivity index is 0.000000170. The molecule has 0 spiro atoms. The van der Waals surface area contributed by atoms with Crippen molar-refractivity contribution in [1.82, 2.24) is 49.3 Å². The van der Waals surface area contributed by atoms with Gasteiger partial charge in [-0.15, -0.1) is 5.10 Å². The summed E-state index contributed by atoms with van der Waals surface area (Å²) in [6.45, 7) is 1.26. The average Bonchev–Trinajstić information content (AvgIpc) is 1.69. The largest absolute Gasteiger partial charge is 0.490 e. The van der Waals surface area contributed by atoms with Crippen molar-refractivity contribution in [3.63, 3.8) is 0 Å². The number of hydrogen-bond acceptors (Lipinski definition) is 19. The third-order valence-corrected chi connectivity index (χ3v) is 13.8. The topological polar surface area (TPSA) is 310 Å². The van der Waals surface area contributed by atoms with E-state index in [0.29, 0.717) is 47.7 Å². The van der Waals surface area contributed by atoms with Crippen LogP contribution in [0.5, 0.6) is 0 Å². The van der Waals surface area contributed by atoms with Crippen molar-refractivity contribution in [3.05, 3.63) is 246 Å². The molecule has 90 heavy (non-hydrogen) atoms. The minimum Gasteiger partial charge on any atom is -0.461 e. The van der Waals surface area contributed by atoms with Gasteiger partial charge in [-0.25, -0.2) is 18.1 Å². The Bertz CT molecular complexity index is 4280. The van der Waals surface area contributed by atoms with Crippen LogP contribution in [-0.4, -0.2) is 126 Å². The summed E-state index contributed by atoms with van der Waals surface area (Å²) in [5.74, 6) is 1.28. The van der Waals surface area contributed by atoms with Crippen LogP contribution in [0.4, 0.5) is 5.95 Å². The van der Waals surface area contributed by atoms with Gasteiger partial charge in [-0.3, -0.25) is 24.1 Å². The van der Waals surface area contributed by atoms with E-state index in [1.165, 1.54) is 21.8 Å². The van der Waals surface area contributed by atoms with Crippen molar-refractivity contribution < 1.29 is 45.7 Å². The quantitative estimate of drug-likeness (QED) is 0.0342. The molecule has 8 aromatic heterocycles. The molecule has 0 saturated heterocycles. The summed E-state index contributed by atoms with van der Waals surface area (Å²) in [5.41, 5.74) is 19.1. The monoisotopic (exact) mass is 1340 g/mol. The molecule has 4 aromatic carbocycles. The molecule has 0 amide bonds. The van der Waals surface area contributed by atoms with Crippen LogP contribution in [0.3, 0.4) is 0 Å². The van der Waals surface area contributed by atoms with Crippen LogP contribution in [0.25, 0.3) is 61.6 Å². The second kappa shape index (κ2) is 34.8. The smallest absolute Gasteiger partial charge is 0.461 e. The van der Waals surface area contributed by atoms with Crippen molar-refractivity contribution in [2.45, 2.75) is 32.2 Å². The van der Waals surface area contributed by atoms with Gasteiger partial charge in [0.05, 0.1) is 37.0 Å². The van der Waals surface area contributed by atoms with Crippen molar-refractivity contribution in [2.75, 3.05) is 38.1 Å². The summed E-state index contributed by atoms with van der Waals surface area (Å²) in [4.78, 5) is 25.1. The van der Waals surface area contributed by atoms with E-state index in [0.717, 1.165) is 79.7 Å². The molecule has 6 N–H and O–H groups in total. The third-order valence-electron chi connectivity index (χ3n) is 12.7.